The number of carbonyl (C=O) groups is 1. The van der Waals surface area contributed by atoms with Gasteiger partial charge in [0.1, 0.15) is 0 Å². The van der Waals surface area contributed by atoms with Crippen LogP contribution in [0.4, 0.5) is 13.2 Å². The maximum Gasteiger partial charge on any atom is 0.390 e. The third-order valence-electron chi connectivity index (χ3n) is 2.50. The lowest BCUT2D eigenvalue weighted by atomic mass is 9.81. The summed E-state index contributed by atoms with van der Waals surface area (Å²) in [6.07, 6.45) is -5.64. The summed E-state index contributed by atoms with van der Waals surface area (Å²) in [5.41, 5.74) is -0.950. The number of benzene rings is 1. The first kappa shape index (κ1) is 14.0. The summed E-state index contributed by atoms with van der Waals surface area (Å²) in [7, 11) is 0. The number of hydrogen-bond donors (Lipinski definition) is 0. The Kier molecular flexibility index (Phi) is 4.20. The highest BCUT2D eigenvalue weighted by atomic mass is 35.5. The minimum absolute atomic E-state index is 0.0182. The van der Waals surface area contributed by atoms with Gasteiger partial charge in [0.2, 0.25) is 5.24 Å². The fraction of sp³-hybridized carbons (Fsp3) is 0.417. The molecule has 0 spiro atoms. The van der Waals surface area contributed by atoms with Crippen LogP contribution in [0.15, 0.2) is 30.3 Å². The number of rotatable bonds is 4. The molecule has 0 amide bonds. The first-order valence-electron chi connectivity index (χ1n) is 5.03. The van der Waals surface area contributed by atoms with Crippen molar-refractivity contribution in [3.05, 3.63) is 35.9 Å². The molecular formula is C12H12ClF3O. The largest absolute Gasteiger partial charge is 0.390 e. The summed E-state index contributed by atoms with van der Waals surface area (Å²) >= 11 is 5.30. The maximum atomic E-state index is 12.4. The van der Waals surface area contributed by atoms with Crippen molar-refractivity contribution in [2.24, 2.45) is 5.41 Å². The molecule has 0 aliphatic heterocycles. The highest BCUT2D eigenvalue weighted by molar-refractivity contribution is 6.64. The predicted molar refractivity (Wildman–Crippen MR) is 59.8 cm³/mol. The average molecular weight is 265 g/mol. The Morgan fingerprint density at radius 1 is 1.24 bits per heavy atom. The standard InChI is InChI=1S/C12H12ClF3O/c1-11(10(13)17,8-12(14,15)16)7-9-5-3-2-4-6-9/h2-6H,7-8H2,1H3/t11-/m0/s1. The molecule has 1 aromatic carbocycles. The normalized spacial score (nSPS) is 15.4. The van der Waals surface area contributed by atoms with Gasteiger partial charge in [-0.2, -0.15) is 13.2 Å². The van der Waals surface area contributed by atoms with Crippen LogP contribution in [0.1, 0.15) is 18.9 Å². The van der Waals surface area contributed by atoms with Gasteiger partial charge in [0.05, 0.1) is 11.8 Å². The van der Waals surface area contributed by atoms with Crippen molar-refractivity contribution < 1.29 is 18.0 Å². The topological polar surface area (TPSA) is 17.1 Å². The van der Waals surface area contributed by atoms with Crippen LogP contribution < -0.4 is 0 Å². The van der Waals surface area contributed by atoms with Gasteiger partial charge in [-0.15, -0.1) is 0 Å². The molecule has 0 heterocycles. The van der Waals surface area contributed by atoms with Gasteiger partial charge in [0.15, 0.2) is 0 Å². The zero-order chi connectivity index (χ0) is 13.1. The number of halogens is 4. The number of hydrogen-bond acceptors (Lipinski definition) is 1. The highest BCUT2D eigenvalue weighted by Gasteiger charge is 2.43. The predicted octanol–water partition coefficient (Wildman–Crippen LogP) is 3.95. The minimum atomic E-state index is -4.41. The van der Waals surface area contributed by atoms with Crippen LogP contribution >= 0.6 is 11.6 Å². The molecule has 0 fully saturated rings. The van der Waals surface area contributed by atoms with Crippen molar-refractivity contribution in [3.8, 4) is 0 Å². The van der Waals surface area contributed by atoms with Crippen LogP contribution in [0.25, 0.3) is 0 Å². The molecule has 0 aliphatic rings. The lowest BCUT2D eigenvalue weighted by molar-refractivity contribution is -0.161. The molecule has 0 bridgehead atoms. The Balaban J connectivity index is 2.90. The van der Waals surface area contributed by atoms with Gasteiger partial charge >= 0.3 is 6.18 Å². The van der Waals surface area contributed by atoms with Gasteiger partial charge < -0.3 is 0 Å². The van der Waals surface area contributed by atoms with E-state index < -0.39 is 23.3 Å². The quantitative estimate of drug-likeness (QED) is 0.753. The molecule has 0 unspecified atom stereocenters. The van der Waals surface area contributed by atoms with E-state index in [1.165, 1.54) is 6.92 Å². The van der Waals surface area contributed by atoms with Crippen molar-refractivity contribution in [1.82, 2.24) is 0 Å². The average Bonchev–Trinajstić information content (AvgIpc) is 2.15. The van der Waals surface area contributed by atoms with E-state index in [0.29, 0.717) is 5.56 Å². The van der Waals surface area contributed by atoms with Crippen molar-refractivity contribution in [1.29, 1.82) is 0 Å². The van der Waals surface area contributed by atoms with Crippen LogP contribution in [-0.2, 0) is 11.2 Å². The van der Waals surface area contributed by atoms with Crippen LogP contribution in [0.3, 0.4) is 0 Å². The molecule has 0 aliphatic carbocycles. The van der Waals surface area contributed by atoms with E-state index in [2.05, 4.69) is 0 Å². The second-order valence-electron chi connectivity index (χ2n) is 4.29. The smallest absolute Gasteiger partial charge is 0.281 e. The second kappa shape index (κ2) is 5.08. The molecule has 0 aromatic heterocycles. The maximum absolute atomic E-state index is 12.4. The Bertz CT molecular complexity index is 388. The molecule has 94 valence electrons. The van der Waals surface area contributed by atoms with Crippen LogP contribution in [0.2, 0.25) is 0 Å². The Hall–Kier alpha value is -1.03. The lowest BCUT2D eigenvalue weighted by Gasteiger charge is -2.26. The monoisotopic (exact) mass is 264 g/mol. The summed E-state index contributed by atoms with van der Waals surface area (Å²) < 4.78 is 37.2. The van der Waals surface area contributed by atoms with E-state index in [0.717, 1.165) is 0 Å². The lowest BCUT2D eigenvalue weighted by Crippen LogP contribution is -2.32. The molecule has 5 heteroatoms. The molecule has 1 rings (SSSR count). The molecule has 1 aromatic rings. The van der Waals surface area contributed by atoms with Crippen LogP contribution in [0.5, 0.6) is 0 Å². The van der Waals surface area contributed by atoms with Gasteiger partial charge in [-0.3, -0.25) is 4.79 Å². The molecule has 0 saturated heterocycles. The Morgan fingerprint density at radius 3 is 2.18 bits per heavy atom. The van der Waals surface area contributed by atoms with Crippen LogP contribution in [-0.4, -0.2) is 11.4 Å². The van der Waals surface area contributed by atoms with Crippen molar-refractivity contribution in [2.75, 3.05) is 0 Å². The molecular weight excluding hydrogens is 253 g/mol. The highest BCUT2D eigenvalue weighted by Crippen LogP contribution is 2.37. The molecule has 1 nitrogen and oxygen atoms in total. The van der Waals surface area contributed by atoms with Crippen LogP contribution in [0, 0.1) is 5.41 Å². The zero-order valence-corrected chi connectivity index (χ0v) is 9.98. The fourth-order valence-corrected chi connectivity index (χ4v) is 1.82. The summed E-state index contributed by atoms with van der Waals surface area (Å²) in [6, 6.07) is 8.53. The second-order valence-corrected chi connectivity index (χ2v) is 4.63. The van der Waals surface area contributed by atoms with Gasteiger partial charge in [-0.1, -0.05) is 37.3 Å². The van der Waals surface area contributed by atoms with Crippen molar-refractivity contribution in [3.63, 3.8) is 0 Å². The molecule has 0 N–H and O–H groups in total. The fourth-order valence-electron chi connectivity index (χ4n) is 1.69. The van der Waals surface area contributed by atoms with E-state index in [4.69, 9.17) is 11.6 Å². The Morgan fingerprint density at radius 2 is 1.76 bits per heavy atom. The molecule has 0 saturated carbocycles. The summed E-state index contributed by atoms with van der Waals surface area (Å²) in [5, 5.41) is -0.960. The third-order valence-corrected chi connectivity index (χ3v) is 2.96. The van der Waals surface area contributed by atoms with Crippen molar-refractivity contribution >= 4 is 16.8 Å². The Labute approximate surface area is 103 Å². The molecule has 1 atom stereocenters. The third kappa shape index (κ3) is 4.38. The first-order chi connectivity index (χ1) is 7.73. The molecule has 17 heavy (non-hydrogen) atoms. The van der Waals surface area contributed by atoms with Gasteiger partial charge in [0, 0.05) is 0 Å². The number of alkyl halides is 3. The SMILES string of the molecule is C[C@](Cc1ccccc1)(CC(F)(F)F)C(=O)Cl. The van der Waals surface area contributed by atoms with E-state index in [-0.39, 0.29) is 6.42 Å². The number of carbonyl (C=O) groups excluding carboxylic acids is 1. The van der Waals surface area contributed by atoms with E-state index in [1.54, 1.807) is 30.3 Å². The van der Waals surface area contributed by atoms with Gasteiger partial charge in [-0.05, 0) is 23.6 Å². The van der Waals surface area contributed by atoms with E-state index in [9.17, 15) is 18.0 Å². The zero-order valence-electron chi connectivity index (χ0n) is 9.22. The minimum Gasteiger partial charge on any atom is -0.281 e. The summed E-state index contributed by atoms with van der Waals surface area (Å²) in [6.45, 7) is 1.24. The molecule has 0 radical (unpaired) electrons. The first-order valence-corrected chi connectivity index (χ1v) is 5.41. The van der Waals surface area contributed by atoms with E-state index >= 15 is 0 Å². The van der Waals surface area contributed by atoms with E-state index in [1.807, 2.05) is 0 Å². The van der Waals surface area contributed by atoms with Gasteiger partial charge in [-0.25, -0.2) is 0 Å². The summed E-state index contributed by atoms with van der Waals surface area (Å²) in [4.78, 5) is 11.2. The summed E-state index contributed by atoms with van der Waals surface area (Å²) in [5.74, 6) is 0. The van der Waals surface area contributed by atoms with Gasteiger partial charge in [0.25, 0.3) is 0 Å². The van der Waals surface area contributed by atoms with Crippen molar-refractivity contribution in [2.45, 2.75) is 25.9 Å².